The van der Waals surface area contributed by atoms with E-state index in [1.807, 2.05) is 51.2 Å². The van der Waals surface area contributed by atoms with E-state index in [9.17, 15) is 9.50 Å². The van der Waals surface area contributed by atoms with Crippen molar-refractivity contribution in [3.8, 4) is 22.9 Å². The Morgan fingerprint density at radius 2 is 1.86 bits per heavy atom. The monoisotopic (exact) mass is 502 g/mol. The van der Waals surface area contributed by atoms with Gasteiger partial charge in [0.1, 0.15) is 18.5 Å². The predicted octanol–water partition coefficient (Wildman–Crippen LogP) is 6.54. The maximum Gasteiger partial charge on any atom is 0.213 e. The summed E-state index contributed by atoms with van der Waals surface area (Å²) in [5.41, 5.74) is 5.21. The van der Waals surface area contributed by atoms with Crippen LogP contribution in [0.2, 0.25) is 0 Å². The van der Waals surface area contributed by atoms with E-state index in [1.165, 1.54) is 23.6 Å². The molecule has 6 rings (SSSR count). The molecule has 37 heavy (non-hydrogen) atoms. The first-order chi connectivity index (χ1) is 17.7. The Kier molecular flexibility index (Phi) is 6.18. The molecule has 2 unspecified atom stereocenters. The number of rotatable bonds is 7. The zero-order valence-corrected chi connectivity index (χ0v) is 21.8. The third-order valence-electron chi connectivity index (χ3n) is 8.56. The number of aryl methyl sites for hydroxylation is 1. The molecule has 1 aromatic carbocycles. The second-order valence-electron chi connectivity index (χ2n) is 11.7. The number of hydrogen-bond donors (Lipinski definition) is 1. The molecule has 0 saturated heterocycles. The average Bonchev–Trinajstić information content (AvgIpc) is 3.54. The molecule has 2 saturated carbocycles. The SMILES string of the molecule is Cc1nc(OC2CCC(C(C)(C)O)CC2)ccc1-c1ccc(F)c(COc2cc3c(cn2)C2CC2C3)c1. The molecule has 3 aliphatic carbocycles. The standard InChI is InChI=1S/C31H35FN2O3/c1-18-25(9-11-29(34-18)37-24-7-5-23(6-8-24)31(2,3)35)19-4-10-28(32)22(12-19)17-36-30-15-21-13-20-14-26(20)27(21)16-33-30/h4,9-12,15-16,20,23-24,26,35H,5-8,13-14,17H2,1-3H3. The Balaban J connectivity index is 1.11. The van der Waals surface area contributed by atoms with Crippen LogP contribution >= 0.6 is 0 Å². The molecule has 0 aliphatic heterocycles. The summed E-state index contributed by atoms with van der Waals surface area (Å²) in [5, 5.41) is 10.3. The van der Waals surface area contributed by atoms with Crippen molar-refractivity contribution in [3.63, 3.8) is 0 Å². The van der Waals surface area contributed by atoms with E-state index in [0.29, 0.717) is 29.2 Å². The molecule has 1 N–H and O–H groups in total. The minimum absolute atomic E-state index is 0.115. The van der Waals surface area contributed by atoms with E-state index in [2.05, 4.69) is 4.98 Å². The van der Waals surface area contributed by atoms with Gasteiger partial charge in [-0.1, -0.05) is 6.07 Å². The Morgan fingerprint density at radius 3 is 2.62 bits per heavy atom. The number of hydrogen-bond acceptors (Lipinski definition) is 5. The molecular formula is C31H35FN2O3. The summed E-state index contributed by atoms with van der Waals surface area (Å²) in [5.74, 6) is 2.68. The molecule has 3 aliphatic rings. The number of halogens is 1. The fourth-order valence-corrected chi connectivity index (χ4v) is 6.18. The maximum atomic E-state index is 14.6. The van der Waals surface area contributed by atoms with Gasteiger partial charge in [-0.05, 0) is 112 Å². The highest BCUT2D eigenvalue weighted by Crippen LogP contribution is 2.56. The van der Waals surface area contributed by atoms with Crippen molar-refractivity contribution in [3.05, 3.63) is 70.8 Å². The lowest BCUT2D eigenvalue weighted by Crippen LogP contribution is -2.36. The highest BCUT2D eigenvalue weighted by atomic mass is 19.1. The molecule has 194 valence electrons. The van der Waals surface area contributed by atoms with Crippen LogP contribution in [-0.2, 0) is 13.0 Å². The molecule has 0 radical (unpaired) electrons. The van der Waals surface area contributed by atoms with Gasteiger partial charge in [0.25, 0.3) is 0 Å². The lowest BCUT2D eigenvalue weighted by molar-refractivity contribution is -0.0156. The number of ether oxygens (including phenoxy) is 2. The smallest absolute Gasteiger partial charge is 0.213 e. The van der Waals surface area contributed by atoms with Crippen molar-refractivity contribution in [1.82, 2.24) is 9.97 Å². The number of pyridine rings is 2. The van der Waals surface area contributed by atoms with Gasteiger partial charge in [-0.2, -0.15) is 0 Å². The summed E-state index contributed by atoms with van der Waals surface area (Å²) in [4.78, 5) is 9.15. The molecule has 2 heterocycles. The van der Waals surface area contributed by atoms with Gasteiger partial charge in [-0.3, -0.25) is 0 Å². The molecule has 0 spiro atoms. The lowest BCUT2D eigenvalue weighted by Gasteiger charge is -2.35. The quantitative estimate of drug-likeness (QED) is 0.398. The van der Waals surface area contributed by atoms with Gasteiger partial charge in [0.05, 0.1) is 5.60 Å². The summed E-state index contributed by atoms with van der Waals surface area (Å²) in [6, 6.07) is 11.0. The van der Waals surface area contributed by atoms with Crippen LogP contribution in [0, 0.1) is 24.6 Å². The maximum absolute atomic E-state index is 14.6. The number of benzene rings is 1. The largest absolute Gasteiger partial charge is 0.474 e. The van der Waals surface area contributed by atoms with Gasteiger partial charge in [0.2, 0.25) is 11.8 Å². The van der Waals surface area contributed by atoms with Crippen molar-refractivity contribution in [2.24, 2.45) is 11.8 Å². The average molecular weight is 503 g/mol. The van der Waals surface area contributed by atoms with Crippen LogP contribution in [0.1, 0.15) is 74.3 Å². The van der Waals surface area contributed by atoms with Crippen LogP contribution < -0.4 is 9.47 Å². The summed E-state index contributed by atoms with van der Waals surface area (Å²) in [6.07, 6.45) is 8.19. The Labute approximate surface area is 218 Å². The van der Waals surface area contributed by atoms with Gasteiger partial charge in [-0.25, -0.2) is 14.4 Å². The fourth-order valence-electron chi connectivity index (χ4n) is 6.18. The Morgan fingerprint density at radius 1 is 1.05 bits per heavy atom. The fraction of sp³-hybridized carbons (Fsp3) is 0.484. The summed E-state index contributed by atoms with van der Waals surface area (Å²) >= 11 is 0. The van der Waals surface area contributed by atoms with E-state index in [4.69, 9.17) is 14.5 Å². The zero-order valence-electron chi connectivity index (χ0n) is 21.8. The first-order valence-electron chi connectivity index (χ1n) is 13.5. The second kappa shape index (κ2) is 9.39. The van der Waals surface area contributed by atoms with Gasteiger partial charge in [0, 0.05) is 35.2 Å². The first kappa shape index (κ1) is 24.4. The van der Waals surface area contributed by atoms with E-state index in [0.717, 1.165) is 54.8 Å². The van der Waals surface area contributed by atoms with Gasteiger partial charge in [-0.15, -0.1) is 0 Å². The van der Waals surface area contributed by atoms with Crippen molar-refractivity contribution in [1.29, 1.82) is 0 Å². The van der Waals surface area contributed by atoms with Crippen molar-refractivity contribution in [2.45, 2.75) is 83.5 Å². The van der Waals surface area contributed by atoms with Crippen LogP contribution in [0.25, 0.3) is 11.1 Å². The molecule has 2 atom stereocenters. The third kappa shape index (κ3) is 5.08. The molecule has 2 fully saturated rings. The van der Waals surface area contributed by atoms with E-state index >= 15 is 0 Å². The highest BCUT2D eigenvalue weighted by molar-refractivity contribution is 5.67. The Bertz CT molecular complexity index is 1310. The summed E-state index contributed by atoms with van der Waals surface area (Å²) in [6.45, 7) is 5.85. The van der Waals surface area contributed by atoms with Crippen LogP contribution in [-0.4, -0.2) is 26.8 Å². The van der Waals surface area contributed by atoms with E-state index < -0.39 is 5.60 Å². The molecule has 5 nitrogen and oxygen atoms in total. The minimum Gasteiger partial charge on any atom is -0.474 e. The van der Waals surface area contributed by atoms with Crippen molar-refractivity contribution >= 4 is 0 Å². The van der Waals surface area contributed by atoms with Crippen molar-refractivity contribution in [2.75, 3.05) is 0 Å². The molecule has 2 aromatic heterocycles. The molecule has 0 bridgehead atoms. The summed E-state index contributed by atoms with van der Waals surface area (Å²) < 4.78 is 26.7. The van der Waals surface area contributed by atoms with Gasteiger partial charge < -0.3 is 14.6 Å². The minimum atomic E-state index is -0.640. The Hall–Kier alpha value is -2.99. The number of fused-ring (bicyclic) bond motifs is 3. The number of nitrogens with zero attached hydrogens (tertiary/aromatic N) is 2. The van der Waals surface area contributed by atoms with E-state index in [-0.39, 0.29) is 18.5 Å². The second-order valence-corrected chi connectivity index (χ2v) is 11.7. The van der Waals surface area contributed by atoms with Gasteiger partial charge >= 0.3 is 0 Å². The van der Waals surface area contributed by atoms with Crippen LogP contribution in [0.5, 0.6) is 11.8 Å². The van der Waals surface area contributed by atoms with Crippen molar-refractivity contribution < 1.29 is 19.0 Å². The van der Waals surface area contributed by atoms with E-state index in [1.54, 1.807) is 6.07 Å². The van der Waals surface area contributed by atoms with Gasteiger partial charge in [0.15, 0.2) is 0 Å². The number of aliphatic hydroxyl groups is 1. The molecule has 6 heteroatoms. The number of aromatic nitrogens is 2. The highest BCUT2D eigenvalue weighted by Gasteiger charge is 2.45. The predicted molar refractivity (Wildman–Crippen MR) is 140 cm³/mol. The van der Waals surface area contributed by atoms with Crippen LogP contribution in [0.4, 0.5) is 4.39 Å². The molecular weight excluding hydrogens is 467 g/mol. The zero-order chi connectivity index (χ0) is 25.7. The lowest BCUT2D eigenvalue weighted by atomic mass is 9.78. The first-order valence-corrected chi connectivity index (χ1v) is 13.5. The third-order valence-corrected chi connectivity index (χ3v) is 8.56. The normalized spacial score (nSPS) is 24.4. The topological polar surface area (TPSA) is 64.5 Å². The molecule has 3 aromatic rings. The summed E-state index contributed by atoms with van der Waals surface area (Å²) in [7, 11) is 0. The van der Waals surface area contributed by atoms with Crippen LogP contribution in [0.3, 0.4) is 0 Å². The molecule has 0 amide bonds. The van der Waals surface area contributed by atoms with Crippen LogP contribution in [0.15, 0.2) is 42.6 Å².